The number of carbonyl (C=O) groups excluding carboxylic acids is 3. The Morgan fingerprint density at radius 1 is 1.19 bits per heavy atom. The number of fused-ring (bicyclic) bond motifs is 1. The Morgan fingerprint density at radius 3 is 2.58 bits per heavy atom. The number of halogens is 1. The number of rotatable bonds is 6. The van der Waals surface area contributed by atoms with Crippen LogP contribution in [0.15, 0.2) is 30.3 Å². The van der Waals surface area contributed by atoms with Gasteiger partial charge in [-0.25, -0.2) is 0 Å². The van der Waals surface area contributed by atoms with Gasteiger partial charge in [0.1, 0.15) is 0 Å². The number of hydrogen-bond donors (Lipinski definition) is 1. The second kappa shape index (κ2) is 7.60. The molecule has 5 nitrogen and oxygen atoms in total. The van der Waals surface area contributed by atoms with E-state index in [-0.39, 0.29) is 23.8 Å². The minimum atomic E-state index is -0.328. The van der Waals surface area contributed by atoms with Crippen LogP contribution in [0.25, 0.3) is 0 Å². The average Bonchev–Trinajstić information content (AvgIpc) is 3.16. The van der Waals surface area contributed by atoms with E-state index in [1.807, 2.05) is 19.9 Å². The Kier molecular flexibility index (Phi) is 5.44. The molecule has 0 radical (unpaired) electrons. The van der Waals surface area contributed by atoms with Crippen molar-refractivity contribution in [3.63, 3.8) is 0 Å². The fourth-order valence-electron chi connectivity index (χ4n) is 2.86. The van der Waals surface area contributed by atoms with Gasteiger partial charge >= 0.3 is 0 Å². The van der Waals surface area contributed by atoms with Crippen molar-refractivity contribution in [3.05, 3.63) is 56.2 Å². The predicted octanol–water partition coefficient (Wildman–Crippen LogP) is 4.29. The Hall–Kier alpha value is -2.18. The molecule has 0 saturated heterocycles. The van der Waals surface area contributed by atoms with E-state index < -0.39 is 0 Å². The molecule has 26 heavy (non-hydrogen) atoms. The normalized spacial score (nSPS) is 14.5. The first-order chi connectivity index (χ1) is 12.4. The quantitative estimate of drug-likeness (QED) is 0.748. The van der Waals surface area contributed by atoms with Gasteiger partial charge in [-0.3, -0.25) is 19.3 Å². The summed E-state index contributed by atoms with van der Waals surface area (Å²) in [5, 5.41) is 2.89. The zero-order valence-electron chi connectivity index (χ0n) is 14.5. The summed E-state index contributed by atoms with van der Waals surface area (Å²) in [5.41, 5.74) is 1.02. The minimum Gasteiger partial charge on any atom is -0.345 e. The van der Waals surface area contributed by atoms with Gasteiger partial charge in [0, 0.05) is 17.0 Å². The van der Waals surface area contributed by atoms with Crippen LogP contribution in [0.2, 0.25) is 4.34 Å². The number of amides is 3. The molecule has 7 heteroatoms. The molecule has 0 fully saturated rings. The van der Waals surface area contributed by atoms with Gasteiger partial charge in [0.15, 0.2) is 0 Å². The lowest BCUT2D eigenvalue weighted by molar-refractivity contribution is 0.0652. The van der Waals surface area contributed by atoms with Crippen LogP contribution in [0.5, 0.6) is 0 Å². The van der Waals surface area contributed by atoms with E-state index >= 15 is 0 Å². The number of nitrogens with zero attached hydrogens (tertiary/aromatic N) is 1. The maximum atomic E-state index is 12.5. The summed E-state index contributed by atoms with van der Waals surface area (Å²) < 4.78 is 0.662. The van der Waals surface area contributed by atoms with Crippen molar-refractivity contribution in [3.8, 4) is 0 Å². The van der Waals surface area contributed by atoms with Crippen LogP contribution in [0, 0.1) is 0 Å². The monoisotopic (exact) mass is 390 g/mol. The van der Waals surface area contributed by atoms with Crippen molar-refractivity contribution < 1.29 is 14.4 Å². The van der Waals surface area contributed by atoms with Crippen LogP contribution in [-0.4, -0.2) is 29.2 Å². The number of carbonyl (C=O) groups is 3. The van der Waals surface area contributed by atoms with Crippen molar-refractivity contribution in [2.45, 2.75) is 32.7 Å². The van der Waals surface area contributed by atoms with E-state index in [0.717, 1.165) is 17.7 Å². The number of nitrogens with one attached hydrogen (secondary N) is 1. The van der Waals surface area contributed by atoms with Crippen LogP contribution < -0.4 is 5.32 Å². The second-order valence-electron chi connectivity index (χ2n) is 6.21. The third-order valence-corrected chi connectivity index (χ3v) is 5.75. The Labute approximate surface area is 161 Å². The van der Waals surface area contributed by atoms with Crippen molar-refractivity contribution in [2.24, 2.45) is 0 Å². The van der Waals surface area contributed by atoms with Gasteiger partial charge in [-0.1, -0.05) is 24.9 Å². The fourth-order valence-corrected chi connectivity index (χ4v) is 3.93. The molecular weight excluding hydrogens is 372 g/mol. The van der Waals surface area contributed by atoms with Crippen LogP contribution in [0.4, 0.5) is 0 Å². The van der Waals surface area contributed by atoms with Crippen molar-refractivity contribution in [2.75, 3.05) is 6.54 Å². The van der Waals surface area contributed by atoms with Crippen molar-refractivity contribution >= 4 is 40.7 Å². The molecule has 1 aliphatic rings. The lowest BCUT2D eigenvalue weighted by Gasteiger charge is -2.12. The highest BCUT2D eigenvalue weighted by atomic mass is 35.5. The third-order valence-electron chi connectivity index (χ3n) is 4.34. The fraction of sp³-hybridized carbons (Fsp3) is 0.316. The first kappa shape index (κ1) is 18.6. The SMILES string of the molecule is CCCCN1C(=O)c2ccc(C(=O)NC(C)c3ccc(Cl)s3)cc2C1=O. The molecule has 2 heterocycles. The third kappa shape index (κ3) is 3.52. The summed E-state index contributed by atoms with van der Waals surface area (Å²) in [4.78, 5) is 39.6. The number of thiophene rings is 1. The highest BCUT2D eigenvalue weighted by Gasteiger charge is 2.35. The lowest BCUT2D eigenvalue weighted by Crippen LogP contribution is -2.30. The van der Waals surface area contributed by atoms with E-state index in [4.69, 9.17) is 11.6 Å². The van der Waals surface area contributed by atoms with Crippen molar-refractivity contribution in [1.29, 1.82) is 0 Å². The molecule has 3 amide bonds. The van der Waals surface area contributed by atoms with E-state index in [0.29, 0.717) is 27.6 Å². The van der Waals surface area contributed by atoms with Crippen LogP contribution in [0.1, 0.15) is 68.7 Å². The molecule has 136 valence electrons. The van der Waals surface area contributed by atoms with Gasteiger partial charge in [-0.05, 0) is 43.7 Å². The van der Waals surface area contributed by atoms with E-state index in [9.17, 15) is 14.4 Å². The molecule has 1 unspecified atom stereocenters. The number of unbranched alkanes of at least 4 members (excludes halogenated alkanes) is 1. The molecule has 0 aliphatic carbocycles. The van der Waals surface area contributed by atoms with Crippen LogP contribution in [-0.2, 0) is 0 Å². The minimum absolute atomic E-state index is 0.202. The number of hydrogen-bond acceptors (Lipinski definition) is 4. The summed E-state index contributed by atoms with van der Waals surface area (Å²) in [5.74, 6) is -0.907. The maximum absolute atomic E-state index is 12.5. The first-order valence-corrected chi connectivity index (χ1v) is 9.68. The number of imide groups is 1. The Bertz CT molecular complexity index is 877. The molecular formula is C19H19ClN2O3S. The van der Waals surface area contributed by atoms with Crippen LogP contribution >= 0.6 is 22.9 Å². The average molecular weight is 391 g/mol. The van der Waals surface area contributed by atoms with Gasteiger partial charge in [0.2, 0.25) is 0 Å². The molecule has 0 saturated carbocycles. The zero-order chi connectivity index (χ0) is 18.8. The van der Waals surface area contributed by atoms with Gasteiger partial charge in [0.05, 0.1) is 21.5 Å². The topological polar surface area (TPSA) is 66.5 Å². The molecule has 1 aromatic carbocycles. The van der Waals surface area contributed by atoms with Gasteiger partial charge in [-0.15, -0.1) is 11.3 Å². The Morgan fingerprint density at radius 2 is 1.92 bits per heavy atom. The Balaban J connectivity index is 1.77. The van der Waals surface area contributed by atoms with E-state index in [2.05, 4.69) is 5.32 Å². The molecule has 3 rings (SSSR count). The smallest absolute Gasteiger partial charge is 0.261 e. The van der Waals surface area contributed by atoms with Gasteiger partial charge < -0.3 is 5.32 Å². The van der Waals surface area contributed by atoms with Gasteiger partial charge in [-0.2, -0.15) is 0 Å². The summed E-state index contributed by atoms with van der Waals surface area (Å²) >= 11 is 7.34. The largest absolute Gasteiger partial charge is 0.345 e. The van der Waals surface area contributed by atoms with Crippen molar-refractivity contribution in [1.82, 2.24) is 10.2 Å². The molecule has 2 aromatic rings. The predicted molar refractivity (Wildman–Crippen MR) is 102 cm³/mol. The zero-order valence-corrected chi connectivity index (χ0v) is 16.1. The maximum Gasteiger partial charge on any atom is 0.261 e. The van der Waals surface area contributed by atoms with E-state index in [1.54, 1.807) is 18.2 Å². The van der Waals surface area contributed by atoms with E-state index in [1.165, 1.54) is 22.3 Å². The summed E-state index contributed by atoms with van der Waals surface area (Å²) in [6.07, 6.45) is 1.66. The molecule has 1 aromatic heterocycles. The lowest BCUT2D eigenvalue weighted by atomic mass is 10.0. The molecule has 1 aliphatic heterocycles. The van der Waals surface area contributed by atoms with Gasteiger partial charge in [0.25, 0.3) is 17.7 Å². The molecule has 1 N–H and O–H groups in total. The molecule has 1 atom stereocenters. The first-order valence-electron chi connectivity index (χ1n) is 8.48. The molecule has 0 bridgehead atoms. The molecule has 0 spiro atoms. The summed E-state index contributed by atoms with van der Waals surface area (Å²) in [6, 6.07) is 8.10. The second-order valence-corrected chi connectivity index (χ2v) is 7.96. The highest BCUT2D eigenvalue weighted by Crippen LogP contribution is 2.28. The summed E-state index contributed by atoms with van der Waals surface area (Å²) in [7, 11) is 0. The standard InChI is InChI=1S/C19H19ClN2O3S/c1-3-4-9-22-18(24)13-6-5-12(10-14(13)19(22)25)17(23)21-11(2)15-7-8-16(20)26-15/h5-8,10-11H,3-4,9H2,1-2H3,(H,21,23). The van der Waals surface area contributed by atoms with Crippen LogP contribution in [0.3, 0.4) is 0 Å². The highest BCUT2D eigenvalue weighted by molar-refractivity contribution is 7.16. The number of benzene rings is 1. The summed E-state index contributed by atoms with van der Waals surface area (Å²) in [6.45, 7) is 4.28.